The Balaban J connectivity index is 1.00. The van der Waals surface area contributed by atoms with Gasteiger partial charge in [0.2, 0.25) is 5.78 Å². The Bertz CT molecular complexity index is 3690. The minimum Gasteiger partial charge on any atom is -0.456 e. The van der Waals surface area contributed by atoms with E-state index in [2.05, 4.69) is 177 Å². The Morgan fingerprint density at radius 1 is 0.382 bits per heavy atom. The fourth-order valence-electron chi connectivity index (χ4n) is 9.05. The molecule has 5 heterocycles. The SMILES string of the molecule is c1ccc2c(c1)nc1n(-c3ccc4oc5ccc(-c6ccc7oc8cccc(-n9c%10ccccc%10c%10ccccc%109)c8c7c6)cc5c4c3)c3ccccc3n21. The highest BCUT2D eigenvalue weighted by atomic mass is 16.3. The van der Waals surface area contributed by atoms with Gasteiger partial charge in [0.25, 0.3) is 0 Å². The van der Waals surface area contributed by atoms with Crippen LogP contribution < -0.4 is 0 Å². The third-order valence-electron chi connectivity index (χ3n) is 11.4. The number of hydrogen-bond acceptors (Lipinski definition) is 3. The van der Waals surface area contributed by atoms with Crippen molar-refractivity contribution in [2.45, 2.75) is 0 Å². The first-order chi connectivity index (χ1) is 27.3. The summed E-state index contributed by atoms with van der Waals surface area (Å²) in [7, 11) is 0. The molecule has 0 radical (unpaired) electrons. The van der Waals surface area contributed by atoms with Gasteiger partial charge in [-0.2, -0.15) is 0 Å². The molecule has 0 aliphatic heterocycles. The number of rotatable bonds is 3. The average Bonchev–Trinajstić information content (AvgIpc) is 4.04. The van der Waals surface area contributed by atoms with Crippen molar-refractivity contribution in [3.8, 4) is 22.5 Å². The molecule has 0 unspecified atom stereocenters. The van der Waals surface area contributed by atoms with Crippen LogP contribution in [-0.2, 0) is 0 Å². The molecule has 5 aromatic heterocycles. The monoisotopic (exact) mass is 704 g/mol. The number of benzene rings is 8. The molecule has 256 valence electrons. The lowest BCUT2D eigenvalue weighted by Gasteiger charge is -2.10. The number of imidazole rings is 2. The van der Waals surface area contributed by atoms with Gasteiger partial charge >= 0.3 is 0 Å². The van der Waals surface area contributed by atoms with Crippen LogP contribution in [0.15, 0.2) is 179 Å². The van der Waals surface area contributed by atoms with Crippen molar-refractivity contribution in [2.24, 2.45) is 0 Å². The Labute approximate surface area is 312 Å². The lowest BCUT2D eigenvalue weighted by atomic mass is 10.00. The molecule has 13 aromatic rings. The van der Waals surface area contributed by atoms with Gasteiger partial charge in [-0.05, 0) is 102 Å². The van der Waals surface area contributed by atoms with E-state index in [1.54, 1.807) is 0 Å². The van der Waals surface area contributed by atoms with Crippen molar-refractivity contribution in [2.75, 3.05) is 0 Å². The second kappa shape index (κ2) is 10.5. The van der Waals surface area contributed by atoms with Crippen LogP contribution in [0.3, 0.4) is 0 Å². The second-order valence-corrected chi connectivity index (χ2v) is 14.4. The van der Waals surface area contributed by atoms with Crippen molar-refractivity contribution in [1.82, 2.24) is 18.5 Å². The van der Waals surface area contributed by atoms with Gasteiger partial charge < -0.3 is 13.4 Å². The van der Waals surface area contributed by atoms with Gasteiger partial charge in [0.1, 0.15) is 22.3 Å². The molecule has 0 aliphatic carbocycles. The molecule has 0 N–H and O–H groups in total. The minimum absolute atomic E-state index is 0.851. The Morgan fingerprint density at radius 2 is 0.964 bits per heavy atom. The van der Waals surface area contributed by atoms with Gasteiger partial charge in [-0.3, -0.25) is 8.97 Å². The van der Waals surface area contributed by atoms with E-state index >= 15 is 0 Å². The quantitative estimate of drug-likeness (QED) is 0.184. The van der Waals surface area contributed by atoms with Crippen molar-refractivity contribution in [3.05, 3.63) is 170 Å². The zero-order chi connectivity index (χ0) is 35.8. The summed E-state index contributed by atoms with van der Waals surface area (Å²) < 4.78 is 19.8. The Morgan fingerprint density at radius 3 is 1.73 bits per heavy atom. The zero-order valence-corrected chi connectivity index (χ0v) is 29.3. The molecular weight excluding hydrogens is 677 g/mol. The molecule has 0 aliphatic rings. The first-order valence-electron chi connectivity index (χ1n) is 18.5. The van der Waals surface area contributed by atoms with Crippen molar-refractivity contribution in [3.63, 3.8) is 0 Å². The van der Waals surface area contributed by atoms with Gasteiger partial charge in [-0.1, -0.05) is 78.9 Å². The highest BCUT2D eigenvalue weighted by Gasteiger charge is 2.20. The van der Waals surface area contributed by atoms with Gasteiger partial charge in [0, 0.05) is 26.9 Å². The molecule has 8 aromatic carbocycles. The highest BCUT2D eigenvalue weighted by Crippen LogP contribution is 2.41. The van der Waals surface area contributed by atoms with E-state index < -0.39 is 0 Å². The van der Waals surface area contributed by atoms with Gasteiger partial charge in [0.15, 0.2) is 0 Å². The van der Waals surface area contributed by atoms with Crippen LogP contribution in [0.4, 0.5) is 0 Å². The maximum absolute atomic E-state index is 6.51. The third kappa shape index (κ3) is 3.89. The second-order valence-electron chi connectivity index (χ2n) is 14.4. The molecule has 13 rings (SSSR count). The summed E-state index contributed by atoms with van der Waals surface area (Å²) in [6.45, 7) is 0. The van der Waals surface area contributed by atoms with Gasteiger partial charge in [-0.15, -0.1) is 0 Å². The highest BCUT2D eigenvalue weighted by molar-refractivity contribution is 6.15. The lowest BCUT2D eigenvalue weighted by molar-refractivity contribution is 0.668. The van der Waals surface area contributed by atoms with E-state index in [9.17, 15) is 0 Å². The standard InChI is InChI=1S/C49H28N4O2/c1-4-13-38-32(10-1)33-11-2-5-14-39(33)52(38)43-18-9-19-47-48(43)36-27-30(21-24-46(36)55-47)29-20-23-44-34(26-29)35-28-31(22-25-45(35)54-44)51-41-16-7-8-17-42(41)53-40-15-6-3-12-37(40)50-49(51)53/h1-28H. The van der Waals surface area contributed by atoms with Gasteiger partial charge in [-0.25, -0.2) is 4.98 Å². The maximum Gasteiger partial charge on any atom is 0.220 e. The number of nitrogens with zero attached hydrogens (tertiary/aromatic N) is 4. The summed E-state index contributed by atoms with van der Waals surface area (Å²) in [6.07, 6.45) is 0. The van der Waals surface area contributed by atoms with Crippen molar-refractivity contribution < 1.29 is 8.83 Å². The predicted molar refractivity (Wildman–Crippen MR) is 224 cm³/mol. The van der Waals surface area contributed by atoms with Crippen LogP contribution in [-0.4, -0.2) is 18.5 Å². The van der Waals surface area contributed by atoms with Crippen LogP contribution in [0.25, 0.3) is 116 Å². The normalized spacial score (nSPS) is 12.4. The predicted octanol–water partition coefficient (Wildman–Crippen LogP) is 13.0. The van der Waals surface area contributed by atoms with Crippen LogP contribution in [0.5, 0.6) is 0 Å². The molecule has 6 heteroatoms. The molecule has 0 atom stereocenters. The third-order valence-corrected chi connectivity index (χ3v) is 11.4. The van der Waals surface area contributed by atoms with Crippen LogP contribution in [0.1, 0.15) is 0 Å². The van der Waals surface area contributed by atoms with Crippen LogP contribution >= 0.6 is 0 Å². The molecule has 0 bridgehead atoms. The van der Waals surface area contributed by atoms with E-state index in [1.807, 2.05) is 6.07 Å². The summed E-state index contributed by atoms with van der Waals surface area (Å²) in [5.74, 6) is 0.885. The van der Waals surface area contributed by atoms with Crippen LogP contribution in [0, 0.1) is 0 Å². The number of fused-ring (bicyclic) bond motifs is 14. The molecular formula is C49H28N4O2. The first-order valence-corrected chi connectivity index (χ1v) is 18.5. The number of furan rings is 2. The van der Waals surface area contributed by atoms with E-state index in [0.29, 0.717) is 0 Å². The summed E-state index contributed by atoms with van der Waals surface area (Å²) in [5, 5.41) is 6.78. The average molecular weight is 705 g/mol. The van der Waals surface area contributed by atoms with E-state index in [-0.39, 0.29) is 0 Å². The molecule has 0 saturated heterocycles. The van der Waals surface area contributed by atoms with E-state index in [4.69, 9.17) is 13.8 Å². The fraction of sp³-hybridized carbons (Fsp3) is 0. The largest absolute Gasteiger partial charge is 0.456 e. The lowest BCUT2D eigenvalue weighted by Crippen LogP contribution is -1.94. The van der Waals surface area contributed by atoms with Crippen LogP contribution in [0.2, 0.25) is 0 Å². The molecule has 55 heavy (non-hydrogen) atoms. The molecule has 6 nitrogen and oxygen atoms in total. The van der Waals surface area contributed by atoms with E-state index in [1.165, 1.54) is 21.8 Å². The topological polar surface area (TPSA) is 53.4 Å². The first kappa shape index (κ1) is 28.9. The zero-order valence-electron chi connectivity index (χ0n) is 29.3. The number of hydrogen-bond donors (Lipinski definition) is 0. The summed E-state index contributed by atoms with van der Waals surface area (Å²) in [6, 6.07) is 60.0. The van der Waals surface area contributed by atoms with E-state index in [0.717, 1.165) is 94.2 Å². The minimum atomic E-state index is 0.851. The number of para-hydroxylation sites is 6. The van der Waals surface area contributed by atoms with Crippen molar-refractivity contribution >= 4 is 93.5 Å². The summed E-state index contributed by atoms with van der Waals surface area (Å²) in [5.41, 5.74) is 14.4. The maximum atomic E-state index is 6.51. The fourth-order valence-corrected chi connectivity index (χ4v) is 9.05. The van der Waals surface area contributed by atoms with Gasteiger partial charge in [0.05, 0.1) is 49.9 Å². The number of aromatic nitrogens is 4. The van der Waals surface area contributed by atoms with Crippen molar-refractivity contribution in [1.29, 1.82) is 0 Å². The Kier molecular flexibility index (Phi) is 5.54. The molecule has 0 amide bonds. The smallest absolute Gasteiger partial charge is 0.220 e. The molecule has 0 saturated carbocycles. The Hall–Kier alpha value is -7.57. The summed E-state index contributed by atoms with van der Waals surface area (Å²) >= 11 is 0. The summed E-state index contributed by atoms with van der Waals surface area (Å²) in [4.78, 5) is 5.10. The molecule has 0 fully saturated rings. The molecule has 0 spiro atoms.